The lowest BCUT2D eigenvalue weighted by Crippen LogP contribution is -2.38. The molecule has 0 spiro atoms. The van der Waals surface area contributed by atoms with Gasteiger partial charge in [-0.25, -0.2) is 8.42 Å². The molecular formula is C20H23N3O3S. The standard InChI is InChI=1S/C20H23N3O3S/c1-15-6-5-7-17(12-15)23(27(2,25)26)11-10-21-20(24)13-16-14-22-19-9-4-3-8-18(16)19/h3-9,12,14,22H,10-11,13H2,1-2H3,(H,21,24). The van der Waals surface area contributed by atoms with E-state index in [0.29, 0.717) is 5.69 Å². The average molecular weight is 385 g/mol. The van der Waals surface area contributed by atoms with Crippen LogP contribution in [0.2, 0.25) is 0 Å². The first-order valence-electron chi connectivity index (χ1n) is 8.70. The zero-order valence-corrected chi connectivity index (χ0v) is 16.2. The van der Waals surface area contributed by atoms with Crippen molar-refractivity contribution in [2.75, 3.05) is 23.7 Å². The van der Waals surface area contributed by atoms with Gasteiger partial charge in [0.05, 0.1) is 24.9 Å². The van der Waals surface area contributed by atoms with Gasteiger partial charge >= 0.3 is 0 Å². The van der Waals surface area contributed by atoms with Crippen LogP contribution in [-0.4, -0.2) is 38.7 Å². The molecule has 27 heavy (non-hydrogen) atoms. The summed E-state index contributed by atoms with van der Waals surface area (Å²) >= 11 is 0. The predicted molar refractivity (Wildman–Crippen MR) is 108 cm³/mol. The number of sulfonamides is 1. The first-order chi connectivity index (χ1) is 12.8. The van der Waals surface area contributed by atoms with Crippen molar-refractivity contribution < 1.29 is 13.2 Å². The van der Waals surface area contributed by atoms with Crippen molar-refractivity contribution in [1.82, 2.24) is 10.3 Å². The highest BCUT2D eigenvalue weighted by Crippen LogP contribution is 2.19. The number of anilines is 1. The van der Waals surface area contributed by atoms with E-state index in [0.717, 1.165) is 22.0 Å². The monoisotopic (exact) mass is 385 g/mol. The third kappa shape index (κ3) is 4.68. The first-order valence-corrected chi connectivity index (χ1v) is 10.6. The minimum absolute atomic E-state index is 0.141. The van der Waals surface area contributed by atoms with Crippen LogP contribution in [-0.2, 0) is 21.2 Å². The molecule has 0 radical (unpaired) electrons. The van der Waals surface area contributed by atoms with Crippen molar-refractivity contribution in [2.45, 2.75) is 13.3 Å². The highest BCUT2D eigenvalue weighted by atomic mass is 32.2. The second-order valence-corrected chi connectivity index (χ2v) is 8.47. The molecule has 0 unspecified atom stereocenters. The van der Waals surface area contributed by atoms with E-state index in [1.165, 1.54) is 10.6 Å². The van der Waals surface area contributed by atoms with Gasteiger partial charge in [-0.3, -0.25) is 9.10 Å². The third-order valence-corrected chi connectivity index (χ3v) is 5.55. The molecule has 0 aliphatic rings. The van der Waals surface area contributed by atoms with Crippen LogP contribution in [0.5, 0.6) is 0 Å². The summed E-state index contributed by atoms with van der Waals surface area (Å²) in [5.41, 5.74) is 3.48. The van der Waals surface area contributed by atoms with Crippen molar-refractivity contribution >= 4 is 32.5 Å². The van der Waals surface area contributed by atoms with Crippen molar-refractivity contribution in [3.8, 4) is 0 Å². The van der Waals surface area contributed by atoms with E-state index in [1.807, 2.05) is 55.6 Å². The number of carbonyl (C=O) groups excluding carboxylic acids is 1. The molecular weight excluding hydrogens is 362 g/mol. The maximum atomic E-state index is 12.3. The number of hydrogen-bond donors (Lipinski definition) is 2. The fourth-order valence-electron chi connectivity index (χ4n) is 3.08. The summed E-state index contributed by atoms with van der Waals surface area (Å²) in [6.45, 7) is 2.33. The van der Waals surface area contributed by atoms with Crippen molar-refractivity contribution in [3.63, 3.8) is 0 Å². The van der Waals surface area contributed by atoms with Gasteiger partial charge in [-0.1, -0.05) is 30.3 Å². The number of hydrogen-bond acceptors (Lipinski definition) is 3. The van der Waals surface area contributed by atoms with E-state index in [4.69, 9.17) is 0 Å². The molecule has 2 aromatic carbocycles. The zero-order chi connectivity index (χ0) is 19.4. The van der Waals surface area contributed by atoms with E-state index in [2.05, 4.69) is 10.3 Å². The Morgan fingerprint density at radius 3 is 2.67 bits per heavy atom. The fraction of sp³-hybridized carbons (Fsp3) is 0.250. The number of rotatable bonds is 7. The van der Waals surface area contributed by atoms with Gasteiger partial charge in [0.25, 0.3) is 0 Å². The number of fused-ring (bicyclic) bond motifs is 1. The molecule has 1 amide bonds. The molecule has 7 heteroatoms. The Morgan fingerprint density at radius 1 is 1.15 bits per heavy atom. The lowest BCUT2D eigenvalue weighted by Gasteiger charge is -2.23. The van der Waals surface area contributed by atoms with E-state index >= 15 is 0 Å². The van der Waals surface area contributed by atoms with Gasteiger partial charge in [0.1, 0.15) is 0 Å². The number of H-pyrrole nitrogens is 1. The minimum Gasteiger partial charge on any atom is -0.361 e. The Bertz CT molecular complexity index is 1060. The normalized spacial score (nSPS) is 11.5. The van der Waals surface area contributed by atoms with Gasteiger partial charge in [-0.2, -0.15) is 0 Å². The zero-order valence-electron chi connectivity index (χ0n) is 15.4. The van der Waals surface area contributed by atoms with Gasteiger partial charge in [-0.15, -0.1) is 0 Å². The second-order valence-electron chi connectivity index (χ2n) is 6.56. The van der Waals surface area contributed by atoms with E-state index < -0.39 is 10.0 Å². The van der Waals surface area contributed by atoms with Crippen LogP contribution in [0.4, 0.5) is 5.69 Å². The van der Waals surface area contributed by atoms with Crippen LogP contribution in [0, 0.1) is 6.92 Å². The smallest absolute Gasteiger partial charge is 0.232 e. The number of nitrogens with one attached hydrogen (secondary N) is 2. The summed E-state index contributed by atoms with van der Waals surface area (Å²) in [5, 5.41) is 3.83. The minimum atomic E-state index is -3.43. The Hall–Kier alpha value is -2.80. The predicted octanol–water partition coefficient (Wildman–Crippen LogP) is 2.60. The summed E-state index contributed by atoms with van der Waals surface area (Å²) in [6, 6.07) is 15.1. The summed E-state index contributed by atoms with van der Waals surface area (Å²) < 4.78 is 25.6. The lowest BCUT2D eigenvalue weighted by atomic mass is 10.1. The molecule has 0 atom stereocenters. The lowest BCUT2D eigenvalue weighted by molar-refractivity contribution is -0.120. The van der Waals surface area contributed by atoms with Crippen LogP contribution in [0.3, 0.4) is 0 Å². The highest BCUT2D eigenvalue weighted by Gasteiger charge is 2.17. The second kappa shape index (κ2) is 7.84. The molecule has 1 heterocycles. The number of para-hydroxylation sites is 1. The van der Waals surface area contributed by atoms with Gasteiger partial charge in [-0.05, 0) is 36.2 Å². The molecule has 0 fully saturated rings. The molecule has 142 valence electrons. The number of aromatic nitrogens is 1. The van der Waals surface area contributed by atoms with Gasteiger partial charge in [0, 0.05) is 23.6 Å². The molecule has 1 aromatic heterocycles. The molecule has 3 aromatic rings. The number of nitrogens with zero attached hydrogens (tertiary/aromatic N) is 1. The summed E-state index contributed by atoms with van der Waals surface area (Å²) in [7, 11) is -3.43. The largest absolute Gasteiger partial charge is 0.361 e. The number of amides is 1. The first kappa shape index (κ1) is 19.0. The highest BCUT2D eigenvalue weighted by molar-refractivity contribution is 7.92. The molecule has 6 nitrogen and oxygen atoms in total. The molecule has 3 rings (SSSR count). The Kier molecular flexibility index (Phi) is 5.51. The van der Waals surface area contributed by atoms with E-state index in [9.17, 15) is 13.2 Å². The number of benzene rings is 2. The summed E-state index contributed by atoms with van der Waals surface area (Å²) in [5.74, 6) is -0.141. The molecule has 0 saturated carbocycles. The Labute approximate surface area is 159 Å². The Balaban J connectivity index is 1.62. The summed E-state index contributed by atoms with van der Waals surface area (Å²) in [6.07, 6.45) is 3.25. The van der Waals surface area contributed by atoms with Crippen molar-refractivity contribution in [3.05, 3.63) is 65.9 Å². The van der Waals surface area contributed by atoms with Gasteiger partial charge < -0.3 is 10.3 Å². The van der Waals surface area contributed by atoms with Crippen LogP contribution >= 0.6 is 0 Å². The number of carbonyl (C=O) groups is 1. The Morgan fingerprint density at radius 2 is 1.93 bits per heavy atom. The SMILES string of the molecule is Cc1cccc(N(CCNC(=O)Cc2c[nH]c3ccccc23)S(C)(=O)=O)c1. The van der Waals surface area contributed by atoms with E-state index in [1.54, 1.807) is 6.07 Å². The van der Waals surface area contributed by atoms with Crippen LogP contribution in [0.1, 0.15) is 11.1 Å². The van der Waals surface area contributed by atoms with Crippen LogP contribution < -0.4 is 9.62 Å². The maximum absolute atomic E-state index is 12.3. The molecule has 0 bridgehead atoms. The van der Waals surface area contributed by atoms with Gasteiger partial charge in [0.15, 0.2) is 0 Å². The number of aromatic amines is 1. The quantitative estimate of drug-likeness (QED) is 0.656. The van der Waals surface area contributed by atoms with Crippen molar-refractivity contribution in [2.24, 2.45) is 0 Å². The maximum Gasteiger partial charge on any atom is 0.232 e. The summed E-state index contributed by atoms with van der Waals surface area (Å²) in [4.78, 5) is 15.4. The average Bonchev–Trinajstić information content (AvgIpc) is 3.01. The number of aryl methyl sites for hydroxylation is 1. The topological polar surface area (TPSA) is 82.3 Å². The molecule has 0 saturated heterocycles. The third-order valence-electron chi connectivity index (χ3n) is 4.35. The molecule has 2 N–H and O–H groups in total. The van der Waals surface area contributed by atoms with Crippen LogP contribution in [0.15, 0.2) is 54.7 Å². The fourth-order valence-corrected chi connectivity index (χ4v) is 4.00. The van der Waals surface area contributed by atoms with Crippen molar-refractivity contribution in [1.29, 1.82) is 0 Å². The van der Waals surface area contributed by atoms with Crippen LogP contribution in [0.25, 0.3) is 10.9 Å². The van der Waals surface area contributed by atoms with E-state index in [-0.39, 0.29) is 25.4 Å². The van der Waals surface area contributed by atoms with Gasteiger partial charge in [0.2, 0.25) is 15.9 Å². The molecule has 0 aliphatic heterocycles. The molecule has 0 aliphatic carbocycles.